The molecular weight excluding hydrogens is 254 g/mol. The van der Waals surface area contributed by atoms with E-state index in [0.29, 0.717) is 12.5 Å². The molecule has 0 aromatic heterocycles. The molecule has 2 saturated carbocycles. The Morgan fingerprint density at radius 1 is 1.30 bits per heavy atom. The number of methoxy groups -OCH3 is 1. The number of carbonyl (C=O) groups is 1. The normalized spacial score (nSPS) is 28.9. The summed E-state index contributed by atoms with van der Waals surface area (Å²) in [5.74, 6) is 0.626. The van der Waals surface area contributed by atoms with Crippen molar-refractivity contribution in [1.29, 1.82) is 0 Å². The summed E-state index contributed by atoms with van der Waals surface area (Å²) in [6, 6.07) is 0.812. The highest BCUT2D eigenvalue weighted by molar-refractivity contribution is 5.73. The zero-order valence-corrected chi connectivity index (χ0v) is 12.5. The number of likely N-dealkylation sites (tertiary alicyclic amines) is 1. The minimum Gasteiger partial charge on any atom is -0.376 e. The highest BCUT2D eigenvalue weighted by Gasteiger charge is 2.37. The number of nitrogens with zero attached hydrogens (tertiary/aromatic N) is 1. The van der Waals surface area contributed by atoms with E-state index in [1.807, 2.05) is 0 Å². The second-order valence-corrected chi connectivity index (χ2v) is 6.69. The summed E-state index contributed by atoms with van der Waals surface area (Å²) >= 11 is 0. The Balaban J connectivity index is 1.31. The van der Waals surface area contributed by atoms with Gasteiger partial charge in [-0.1, -0.05) is 0 Å². The van der Waals surface area contributed by atoms with Crippen LogP contribution in [-0.2, 0) is 4.74 Å². The van der Waals surface area contributed by atoms with E-state index >= 15 is 0 Å². The maximum absolute atomic E-state index is 11.8. The van der Waals surface area contributed by atoms with E-state index in [0.717, 1.165) is 32.0 Å². The molecule has 3 aliphatic rings. The van der Waals surface area contributed by atoms with Gasteiger partial charge in [-0.05, 0) is 51.0 Å². The highest BCUT2D eigenvalue weighted by atomic mass is 16.5. The number of carbonyl (C=O) groups excluding carboxylic acids is 1. The van der Waals surface area contributed by atoms with Crippen LogP contribution in [0.25, 0.3) is 0 Å². The van der Waals surface area contributed by atoms with Crippen molar-refractivity contribution in [2.75, 3.05) is 33.3 Å². The fourth-order valence-electron chi connectivity index (χ4n) is 3.37. The summed E-state index contributed by atoms with van der Waals surface area (Å²) in [5.41, 5.74) is -0.0898. The van der Waals surface area contributed by atoms with Gasteiger partial charge in [-0.2, -0.15) is 0 Å². The Hall–Kier alpha value is -0.810. The van der Waals surface area contributed by atoms with Crippen molar-refractivity contribution in [1.82, 2.24) is 15.5 Å². The molecule has 5 nitrogen and oxygen atoms in total. The number of urea groups is 1. The van der Waals surface area contributed by atoms with Gasteiger partial charge in [0.15, 0.2) is 0 Å². The molecule has 3 fully saturated rings. The maximum Gasteiger partial charge on any atom is 0.314 e. The molecule has 1 saturated heterocycles. The average molecular weight is 281 g/mol. The van der Waals surface area contributed by atoms with Crippen molar-refractivity contribution in [3.8, 4) is 0 Å². The molecule has 114 valence electrons. The van der Waals surface area contributed by atoms with E-state index in [1.54, 1.807) is 7.11 Å². The van der Waals surface area contributed by atoms with Gasteiger partial charge in [0.25, 0.3) is 0 Å². The van der Waals surface area contributed by atoms with E-state index in [4.69, 9.17) is 4.74 Å². The first-order valence-electron chi connectivity index (χ1n) is 8.02. The minimum atomic E-state index is -0.0898. The fraction of sp³-hybridized carbons (Fsp3) is 0.933. The Labute approximate surface area is 121 Å². The molecule has 2 amide bonds. The van der Waals surface area contributed by atoms with E-state index in [2.05, 4.69) is 15.5 Å². The van der Waals surface area contributed by atoms with Crippen molar-refractivity contribution in [3.63, 3.8) is 0 Å². The summed E-state index contributed by atoms with van der Waals surface area (Å²) in [4.78, 5) is 14.4. The van der Waals surface area contributed by atoms with Crippen LogP contribution >= 0.6 is 0 Å². The standard InChI is InChI=1S/C15H27N3O2/c1-20-15(6-2-7-15)11-17-14(19)16-9-12-5-8-18(10-12)13-3-4-13/h12-13H,2-11H2,1H3,(H2,16,17,19). The molecule has 0 radical (unpaired) electrons. The van der Waals surface area contributed by atoms with Crippen LogP contribution in [0.15, 0.2) is 0 Å². The van der Waals surface area contributed by atoms with Gasteiger partial charge >= 0.3 is 6.03 Å². The van der Waals surface area contributed by atoms with E-state index in [-0.39, 0.29) is 11.6 Å². The predicted octanol–water partition coefficient (Wildman–Crippen LogP) is 1.34. The van der Waals surface area contributed by atoms with Crippen molar-refractivity contribution in [2.45, 2.75) is 50.2 Å². The van der Waals surface area contributed by atoms with Gasteiger partial charge in [0.05, 0.1) is 5.60 Å². The number of ether oxygens (including phenoxy) is 1. The number of nitrogens with one attached hydrogen (secondary N) is 2. The number of hydrogen-bond acceptors (Lipinski definition) is 3. The van der Waals surface area contributed by atoms with Crippen LogP contribution in [0.5, 0.6) is 0 Å². The molecule has 1 aliphatic heterocycles. The zero-order valence-electron chi connectivity index (χ0n) is 12.5. The molecule has 0 aromatic rings. The second-order valence-electron chi connectivity index (χ2n) is 6.69. The Bertz CT molecular complexity index is 348. The van der Waals surface area contributed by atoms with E-state index in [1.165, 1.54) is 32.2 Å². The molecular formula is C15H27N3O2. The van der Waals surface area contributed by atoms with Gasteiger partial charge in [0, 0.05) is 32.8 Å². The smallest absolute Gasteiger partial charge is 0.314 e. The lowest BCUT2D eigenvalue weighted by Crippen LogP contribution is -2.51. The SMILES string of the molecule is COC1(CNC(=O)NCC2CCN(C3CC3)C2)CCC1. The van der Waals surface area contributed by atoms with Crippen molar-refractivity contribution < 1.29 is 9.53 Å². The van der Waals surface area contributed by atoms with Crippen LogP contribution < -0.4 is 10.6 Å². The molecule has 5 heteroatoms. The zero-order chi connectivity index (χ0) is 14.0. The van der Waals surface area contributed by atoms with Crippen molar-refractivity contribution in [2.24, 2.45) is 5.92 Å². The quantitative estimate of drug-likeness (QED) is 0.772. The van der Waals surface area contributed by atoms with Crippen LogP contribution in [0, 0.1) is 5.92 Å². The summed E-state index contributed by atoms with van der Waals surface area (Å²) in [6.07, 6.45) is 7.29. The highest BCUT2D eigenvalue weighted by Crippen LogP contribution is 2.34. The van der Waals surface area contributed by atoms with E-state index < -0.39 is 0 Å². The summed E-state index contributed by atoms with van der Waals surface area (Å²) < 4.78 is 5.50. The van der Waals surface area contributed by atoms with Crippen molar-refractivity contribution in [3.05, 3.63) is 0 Å². The first-order chi connectivity index (χ1) is 9.71. The summed E-state index contributed by atoms with van der Waals surface area (Å²) in [6.45, 7) is 3.81. The molecule has 2 N–H and O–H groups in total. The molecule has 0 aromatic carbocycles. The van der Waals surface area contributed by atoms with Gasteiger partial charge in [0.2, 0.25) is 0 Å². The molecule has 0 bridgehead atoms. The van der Waals surface area contributed by atoms with Crippen LogP contribution in [-0.4, -0.2) is 55.9 Å². The molecule has 3 rings (SSSR count). The third-order valence-corrected chi connectivity index (χ3v) is 5.20. The third-order valence-electron chi connectivity index (χ3n) is 5.20. The van der Waals surface area contributed by atoms with Crippen LogP contribution in [0.4, 0.5) is 4.79 Å². The first kappa shape index (κ1) is 14.1. The first-order valence-corrected chi connectivity index (χ1v) is 8.02. The number of hydrogen-bond donors (Lipinski definition) is 2. The number of rotatable bonds is 6. The lowest BCUT2D eigenvalue weighted by atomic mass is 9.80. The van der Waals surface area contributed by atoms with Crippen LogP contribution in [0.1, 0.15) is 38.5 Å². The fourth-order valence-corrected chi connectivity index (χ4v) is 3.37. The summed E-state index contributed by atoms with van der Waals surface area (Å²) in [7, 11) is 1.74. The van der Waals surface area contributed by atoms with Crippen LogP contribution in [0.2, 0.25) is 0 Å². The Morgan fingerprint density at radius 2 is 2.10 bits per heavy atom. The molecule has 1 unspecified atom stereocenters. The average Bonchev–Trinajstić information content (AvgIpc) is 3.15. The molecule has 0 spiro atoms. The van der Waals surface area contributed by atoms with Gasteiger partial charge in [-0.3, -0.25) is 0 Å². The summed E-state index contributed by atoms with van der Waals surface area (Å²) in [5, 5.41) is 5.98. The van der Waals surface area contributed by atoms with Gasteiger partial charge in [0.1, 0.15) is 0 Å². The van der Waals surface area contributed by atoms with Gasteiger partial charge in [-0.25, -0.2) is 4.79 Å². The molecule has 2 aliphatic carbocycles. The maximum atomic E-state index is 11.8. The van der Waals surface area contributed by atoms with E-state index in [9.17, 15) is 4.79 Å². The second kappa shape index (κ2) is 5.90. The van der Waals surface area contributed by atoms with Gasteiger partial charge < -0.3 is 20.3 Å². The minimum absolute atomic E-state index is 0.0433. The monoisotopic (exact) mass is 281 g/mol. The molecule has 20 heavy (non-hydrogen) atoms. The lowest BCUT2D eigenvalue weighted by molar-refractivity contribution is -0.0674. The topological polar surface area (TPSA) is 53.6 Å². The molecule has 1 atom stereocenters. The largest absolute Gasteiger partial charge is 0.376 e. The van der Waals surface area contributed by atoms with Crippen LogP contribution in [0.3, 0.4) is 0 Å². The lowest BCUT2D eigenvalue weighted by Gasteiger charge is -2.40. The molecule has 1 heterocycles. The third kappa shape index (κ3) is 3.26. The Morgan fingerprint density at radius 3 is 2.70 bits per heavy atom. The van der Waals surface area contributed by atoms with Gasteiger partial charge in [-0.15, -0.1) is 0 Å². The predicted molar refractivity (Wildman–Crippen MR) is 77.7 cm³/mol. The Kier molecular flexibility index (Phi) is 4.17. The number of amides is 2. The van der Waals surface area contributed by atoms with Crippen molar-refractivity contribution >= 4 is 6.03 Å².